The van der Waals surface area contributed by atoms with E-state index in [2.05, 4.69) is 38.5 Å². The lowest BCUT2D eigenvalue weighted by Gasteiger charge is -2.15. The van der Waals surface area contributed by atoms with Gasteiger partial charge in [0.05, 0.1) is 16.0 Å². The smallest absolute Gasteiger partial charge is 0.293 e. The van der Waals surface area contributed by atoms with Gasteiger partial charge in [0.25, 0.3) is 11.1 Å². The summed E-state index contributed by atoms with van der Waals surface area (Å²) in [7, 11) is 1.47. The molecule has 1 aliphatic rings. The number of benzene rings is 2. The lowest BCUT2D eigenvalue weighted by molar-refractivity contribution is -0.121. The minimum atomic E-state index is -0.303. The Morgan fingerprint density at radius 3 is 2.50 bits per heavy atom. The molecule has 146 valence electrons. The van der Waals surface area contributed by atoms with Crippen molar-refractivity contribution in [3.8, 4) is 11.5 Å². The molecular formula is C20H17BrINO4S. The van der Waals surface area contributed by atoms with Gasteiger partial charge >= 0.3 is 0 Å². The standard InChI is InChI=1S/C20H17BrINO4S/c1-3-26-16-9-13(10-17-19(24)23(2)20(25)28-17)8-15(21)18(16)27-11-12-4-6-14(22)7-5-12/h4-10H,3,11H2,1-2H3/b17-10-. The van der Waals surface area contributed by atoms with Crippen LogP contribution in [0.25, 0.3) is 6.08 Å². The fraction of sp³-hybridized carbons (Fsp3) is 0.200. The minimum absolute atomic E-state index is 0.280. The zero-order valence-electron chi connectivity index (χ0n) is 15.2. The first kappa shape index (κ1) is 21.2. The molecule has 0 unspecified atom stereocenters. The molecule has 0 N–H and O–H groups in total. The van der Waals surface area contributed by atoms with Crippen molar-refractivity contribution >= 4 is 67.5 Å². The Hall–Kier alpha value is -1.52. The molecule has 3 rings (SSSR count). The fourth-order valence-electron chi connectivity index (χ4n) is 2.51. The molecule has 2 amide bonds. The second kappa shape index (κ2) is 9.32. The van der Waals surface area contributed by atoms with Gasteiger partial charge < -0.3 is 9.47 Å². The Labute approximate surface area is 189 Å². The molecule has 1 saturated heterocycles. The van der Waals surface area contributed by atoms with Crippen LogP contribution in [0.2, 0.25) is 0 Å². The SMILES string of the molecule is CCOc1cc(/C=C2\SC(=O)N(C)C2=O)cc(Br)c1OCc1ccc(I)cc1. The maximum Gasteiger partial charge on any atom is 0.293 e. The number of amides is 2. The highest BCUT2D eigenvalue weighted by Crippen LogP contribution is 2.39. The number of carbonyl (C=O) groups is 2. The second-order valence-corrected chi connectivity index (χ2v) is 9.01. The van der Waals surface area contributed by atoms with Crippen LogP contribution in [-0.4, -0.2) is 29.7 Å². The van der Waals surface area contributed by atoms with Crippen LogP contribution in [0.5, 0.6) is 11.5 Å². The molecule has 2 aromatic rings. The quantitative estimate of drug-likeness (QED) is 0.328. The topological polar surface area (TPSA) is 55.8 Å². The van der Waals surface area contributed by atoms with Gasteiger partial charge in [0.1, 0.15) is 6.61 Å². The molecule has 1 aliphatic heterocycles. The largest absolute Gasteiger partial charge is 0.490 e. The maximum absolute atomic E-state index is 12.1. The van der Waals surface area contributed by atoms with Crippen LogP contribution in [0.1, 0.15) is 18.1 Å². The van der Waals surface area contributed by atoms with E-state index in [-0.39, 0.29) is 11.1 Å². The Morgan fingerprint density at radius 2 is 1.89 bits per heavy atom. The van der Waals surface area contributed by atoms with Crippen LogP contribution in [0, 0.1) is 3.57 Å². The number of halogens is 2. The molecule has 1 fully saturated rings. The van der Waals surface area contributed by atoms with Crippen molar-refractivity contribution < 1.29 is 19.1 Å². The highest BCUT2D eigenvalue weighted by molar-refractivity contribution is 14.1. The van der Waals surface area contributed by atoms with Gasteiger partial charge in [-0.25, -0.2) is 0 Å². The Kier molecular flexibility index (Phi) is 7.05. The minimum Gasteiger partial charge on any atom is -0.490 e. The number of nitrogens with zero attached hydrogens (tertiary/aromatic N) is 1. The summed E-state index contributed by atoms with van der Waals surface area (Å²) < 4.78 is 13.6. The van der Waals surface area contributed by atoms with E-state index >= 15 is 0 Å². The molecule has 0 spiro atoms. The van der Waals surface area contributed by atoms with Crippen molar-refractivity contribution in [1.29, 1.82) is 0 Å². The van der Waals surface area contributed by atoms with E-state index in [1.165, 1.54) is 10.6 Å². The van der Waals surface area contributed by atoms with Crippen molar-refractivity contribution in [2.24, 2.45) is 0 Å². The van der Waals surface area contributed by atoms with E-state index in [9.17, 15) is 9.59 Å². The van der Waals surface area contributed by atoms with Crippen molar-refractivity contribution in [2.45, 2.75) is 13.5 Å². The van der Waals surface area contributed by atoms with Crippen LogP contribution in [0.15, 0.2) is 45.8 Å². The van der Waals surface area contributed by atoms with Gasteiger partial charge in [-0.05, 0) is 98.7 Å². The van der Waals surface area contributed by atoms with Gasteiger partial charge in [-0.3, -0.25) is 14.5 Å². The van der Waals surface area contributed by atoms with Crippen molar-refractivity contribution in [2.75, 3.05) is 13.7 Å². The molecule has 0 atom stereocenters. The van der Waals surface area contributed by atoms with Crippen LogP contribution in [0.4, 0.5) is 4.79 Å². The predicted octanol–water partition coefficient (Wildman–Crippen LogP) is 5.70. The summed E-state index contributed by atoms with van der Waals surface area (Å²) in [4.78, 5) is 25.3. The van der Waals surface area contributed by atoms with Gasteiger partial charge in [-0.15, -0.1) is 0 Å². The van der Waals surface area contributed by atoms with E-state index in [4.69, 9.17) is 9.47 Å². The summed E-state index contributed by atoms with van der Waals surface area (Å²) in [6.45, 7) is 2.77. The zero-order valence-corrected chi connectivity index (χ0v) is 19.8. The summed E-state index contributed by atoms with van der Waals surface area (Å²) in [5, 5.41) is -0.280. The number of hydrogen-bond donors (Lipinski definition) is 0. The number of imide groups is 1. The van der Waals surface area contributed by atoms with Gasteiger partial charge in [0.2, 0.25) is 0 Å². The first-order chi connectivity index (χ1) is 13.4. The molecule has 5 nitrogen and oxygen atoms in total. The van der Waals surface area contributed by atoms with Crippen LogP contribution in [0.3, 0.4) is 0 Å². The highest BCUT2D eigenvalue weighted by Gasteiger charge is 2.31. The number of rotatable bonds is 6. The lowest BCUT2D eigenvalue weighted by atomic mass is 10.1. The average molecular weight is 574 g/mol. The monoisotopic (exact) mass is 573 g/mol. The lowest BCUT2D eigenvalue weighted by Crippen LogP contribution is -2.22. The number of carbonyl (C=O) groups excluding carboxylic acids is 2. The predicted molar refractivity (Wildman–Crippen MR) is 123 cm³/mol. The van der Waals surface area contributed by atoms with Gasteiger partial charge in [-0.1, -0.05) is 12.1 Å². The Bertz CT molecular complexity index is 946. The van der Waals surface area contributed by atoms with Gasteiger partial charge in [0, 0.05) is 10.6 Å². The van der Waals surface area contributed by atoms with E-state index in [1.807, 2.05) is 37.3 Å². The van der Waals surface area contributed by atoms with E-state index in [0.717, 1.165) is 27.8 Å². The second-order valence-electron chi connectivity index (χ2n) is 5.92. The fourth-order valence-corrected chi connectivity index (χ4v) is 4.27. The molecule has 0 saturated carbocycles. The summed E-state index contributed by atoms with van der Waals surface area (Å²) in [6.07, 6.45) is 1.69. The van der Waals surface area contributed by atoms with Crippen LogP contribution >= 0.6 is 50.3 Å². The average Bonchev–Trinajstić information content (AvgIpc) is 2.89. The van der Waals surface area contributed by atoms with Gasteiger partial charge in [0.15, 0.2) is 11.5 Å². The van der Waals surface area contributed by atoms with Crippen LogP contribution in [-0.2, 0) is 11.4 Å². The summed E-state index contributed by atoms with van der Waals surface area (Å²) >= 11 is 6.72. The highest BCUT2D eigenvalue weighted by atomic mass is 127. The van der Waals surface area contributed by atoms with Crippen molar-refractivity contribution in [3.63, 3.8) is 0 Å². The first-order valence-corrected chi connectivity index (χ1v) is 11.1. The summed E-state index contributed by atoms with van der Waals surface area (Å²) in [5.74, 6) is 0.869. The number of likely N-dealkylation sites (N-methyl/N-ethyl adjacent to an activating group) is 1. The van der Waals surface area contributed by atoms with Gasteiger partial charge in [-0.2, -0.15) is 0 Å². The normalized spacial score (nSPS) is 15.4. The van der Waals surface area contributed by atoms with Crippen molar-refractivity contribution in [1.82, 2.24) is 4.90 Å². The third-order valence-corrected chi connectivity index (χ3v) is 6.18. The molecule has 8 heteroatoms. The summed E-state index contributed by atoms with van der Waals surface area (Å²) in [6, 6.07) is 11.7. The number of thioether (sulfide) groups is 1. The molecule has 28 heavy (non-hydrogen) atoms. The third kappa shape index (κ3) is 4.90. The van der Waals surface area contributed by atoms with E-state index < -0.39 is 0 Å². The molecule has 2 aromatic carbocycles. The van der Waals surface area contributed by atoms with E-state index in [0.29, 0.717) is 34.1 Å². The first-order valence-electron chi connectivity index (χ1n) is 8.44. The Morgan fingerprint density at radius 1 is 1.18 bits per heavy atom. The molecule has 0 radical (unpaired) electrons. The zero-order chi connectivity index (χ0) is 20.3. The van der Waals surface area contributed by atoms with Crippen LogP contribution < -0.4 is 9.47 Å². The third-order valence-electron chi connectivity index (χ3n) is 3.91. The molecule has 0 aliphatic carbocycles. The molecule has 0 aromatic heterocycles. The number of hydrogen-bond acceptors (Lipinski definition) is 5. The molecule has 0 bridgehead atoms. The van der Waals surface area contributed by atoms with E-state index in [1.54, 1.807) is 12.1 Å². The van der Waals surface area contributed by atoms with Crippen molar-refractivity contribution in [3.05, 3.63) is 60.5 Å². The Balaban J connectivity index is 1.86. The molecule has 1 heterocycles. The summed E-state index contributed by atoms with van der Waals surface area (Å²) in [5.41, 5.74) is 1.80. The molecular weight excluding hydrogens is 557 g/mol. The number of ether oxygens (including phenoxy) is 2. The maximum atomic E-state index is 12.1.